The minimum atomic E-state index is -0.308. The second kappa shape index (κ2) is 7.62. The highest BCUT2D eigenvalue weighted by Crippen LogP contribution is 2.25. The average molecular weight is 330 g/mol. The number of aryl methyl sites for hydroxylation is 1. The van der Waals surface area contributed by atoms with Crippen molar-refractivity contribution in [3.05, 3.63) is 48.0 Å². The van der Waals surface area contributed by atoms with Gasteiger partial charge in [-0.1, -0.05) is 12.1 Å². The maximum atomic E-state index is 13.8. The Morgan fingerprint density at radius 3 is 2.67 bits per heavy atom. The van der Waals surface area contributed by atoms with Gasteiger partial charge < -0.3 is 15.1 Å². The Morgan fingerprint density at radius 1 is 1.21 bits per heavy atom. The number of nitrogens with zero attached hydrogens (tertiary/aromatic N) is 1. The number of furan rings is 1. The Balaban J connectivity index is 1.54. The van der Waals surface area contributed by atoms with Crippen molar-refractivity contribution in [1.82, 2.24) is 4.90 Å². The monoisotopic (exact) mass is 330 g/mol. The van der Waals surface area contributed by atoms with Gasteiger partial charge in [-0.3, -0.25) is 4.79 Å². The molecule has 128 valence electrons. The van der Waals surface area contributed by atoms with Crippen molar-refractivity contribution >= 4 is 5.91 Å². The summed E-state index contributed by atoms with van der Waals surface area (Å²) in [4.78, 5) is 14.2. The molecule has 1 amide bonds. The van der Waals surface area contributed by atoms with Crippen LogP contribution in [0.5, 0.6) is 0 Å². The van der Waals surface area contributed by atoms with E-state index in [1.165, 1.54) is 6.07 Å². The van der Waals surface area contributed by atoms with E-state index in [1.807, 2.05) is 11.0 Å². The average Bonchev–Trinajstić information content (AvgIpc) is 3.09. The minimum Gasteiger partial charge on any atom is -0.461 e. The molecule has 0 bridgehead atoms. The van der Waals surface area contributed by atoms with Crippen molar-refractivity contribution in [2.24, 2.45) is 11.7 Å². The van der Waals surface area contributed by atoms with Gasteiger partial charge in [0.05, 0.1) is 5.56 Å². The second-order valence-corrected chi connectivity index (χ2v) is 6.31. The molecule has 1 aliphatic heterocycles. The van der Waals surface area contributed by atoms with Gasteiger partial charge in [-0.15, -0.1) is 0 Å². The van der Waals surface area contributed by atoms with E-state index in [0.29, 0.717) is 42.4 Å². The summed E-state index contributed by atoms with van der Waals surface area (Å²) in [6.07, 6.45) is 2.92. The summed E-state index contributed by atoms with van der Waals surface area (Å²) < 4.78 is 19.5. The lowest BCUT2D eigenvalue weighted by molar-refractivity contribution is -0.132. The standard InChI is InChI=1S/C19H23FN2O2/c20-17-4-2-1-3-16(17)18-7-5-15(24-18)6-8-19(23)22-11-9-14(13-21)10-12-22/h1-5,7,14H,6,8-13,21H2. The first-order chi connectivity index (χ1) is 11.7. The molecular weight excluding hydrogens is 307 g/mol. The van der Waals surface area contributed by atoms with E-state index >= 15 is 0 Å². The largest absolute Gasteiger partial charge is 0.461 e. The zero-order chi connectivity index (χ0) is 16.9. The minimum absolute atomic E-state index is 0.148. The molecule has 1 saturated heterocycles. The molecule has 1 aromatic carbocycles. The van der Waals surface area contributed by atoms with E-state index in [2.05, 4.69) is 0 Å². The SMILES string of the molecule is NCC1CCN(C(=O)CCc2ccc(-c3ccccc3F)o2)CC1. The fourth-order valence-electron chi connectivity index (χ4n) is 3.12. The van der Waals surface area contributed by atoms with Crippen molar-refractivity contribution in [2.75, 3.05) is 19.6 Å². The Bertz CT molecular complexity index is 690. The highest BCUT2D eigenvalue weighted by atomic mass is 19.1. The van der Waals surface area contributed by atoms with Crippen LogP contribution in [-0.4, -0.2) is 30.4 Å². The summed E-state index contributed by atoms with van der Waals surface area (Å²) in [5.74, 6) is 1.59. The lowest BCUT2D eigenvalue weighted by atomic mass is 9.97. The molecule has 2 N–H and O–H groups in total. The number of likely N-dealkylation sites (tertiary alicyclic amines) is 1. The number of hydrogen-bond donors (Lipinski definition) is 1. The molecule has 0 aliphatic carbocycles. The van der Waals surface area contributed by atoms with Gasteiger partial charge in [0.25, 0.3) is 0 Å². The molecule has 2 heterocycles. The lowest BCUT2D eigenvalue weighted by Gasteiger charge is -2.31. The van der Waals surface area contributed by atoms with Gasteiger partial charge >= 0.3 is 0 Å². The molecule has 0 unspecified atom stereocenters. The number of carbonyl (C=O) groups is 1. The zero-order valence-electron chi connectivity index (χ0n) is 13.7. The first-order valence-electron chi connectivity index (χ1n) is 8.49. The van der Waals surface area contributed by atoms with E-state index in [9.17, 15) is 9.18 Å². The predicted molar refractivity (Wildman–Crippen MR) is 90.8 cm³/mol. The highest BCUT2D eigenvalue weighted by molar-refractivity contribution is 5.76. The maximum Gasteiger partial charge on any atom is 0.223 e. The van der Waals surface area contributed by atoms with Gasteiger partial charge in [0.1, 0.15) is 17.3 Å². The molecule has 1 aliphatic rings. The fraction of sp³-hybridized carbons (Fsp3) is 0.421. The van der Waals surface area contributed by atoms with Gasteiger partial charge in [0, 0.05) is 25.9 Å². The molecule has 4 nitrogen and oxygen atoms in total. The molecule has 2 aromatic rings. The Labute approximate surface area is 141 Å². The first kappa shape index (κ1) is 16.7. The predicted octanol–water partition coefficient (Wildman–Crippen LogP) is 3.22. The van der Waals surface area contributed by atoms with Gasteiger partial charge in [0.2, 0.25) is 5.91 Å². The van der Waals surface area contributed by atoms with E-state index < -0.39 is 0 Å². The topological polar surface area (TPSA) is 59.5 Å². The molecule has 24 heavy (non-hydrogen) atoms. The summed E-state index contributed by atoms with van der Waals surface area (Å²) in [6.45, 7) is 2.28. The summed E-state index contributed by atoms with van der Waals surface area (Å²) in [5.41, 5.74) is 6.12. The van der Waals surface area contributed by atoms with Crippen LogP contribution < -0.4 is 5.73 Å². The van der Waals surface area contributed by atoms with E-state index in [0.717, 1.165) is 25.9 Å². The number of benzene rings is 1. The third-order valence-electron chi connectivity index (χ3n) is 4.69. The molecule has 0 radical (unpaired) electrons. The van der Waals surface area contributed by atoms with Crippen molar-refractivity contribution in [3.8, 4) is 11.3 Å². The third kappa shape index (κ3) is 3.85. The van der Waals surface area contributed by atoms with Crippen LogP contribution in [0.1, 0.15) is 25.0 Å². The first-order valence-corrected chi connectivity index (χ1v) is 8.49. The van der Waals surface area contributed by atoms with Gasteiger partial charge in [-0.2, -0.15) is 0 Å². The van der Waals surface area contributed by atoms with Crippen LogP contribution in [0.4, 0.5) is 4.39 Å². The summed E-state index contributed by atoms with van der Waals surface area (Å²) in [7, 11) is 0. The maximum absolute atomic E-state index is 13.8. The van der Waals surface area contributed by atoms with Crippen LogP contribution in [0, 0.1) is 11.7 Å². The lowest BCUT2D eigenvalue weighted by Crippen LogP contribution is -2.40. The van der Waals surface area contributed by atoms with Gasteiger partial charge in [-0.05, 0) is 49.6 Å². The van der Waals surface area contributed by atoms with Gasteiger partial charge in [0.15, 0.2) is 0 Å². The normalized spacial score (nSPS) is 15.7. The van der Waals surface area contributed by atoms with Crippen LogP contribution in [0.25, 0.3) is 11.3 Å². The fourth-order valence-corrected chi connectivity index (χ4v) is 3.12. The molecule has 1 fully saturated rings. The van der Waals surface area contributed by atoms with Crippen molar-refractivity contribution < 1.29 is 13.6 Å². The Hall–Kier alpha value is -2.14. The molecule has 5 heteroatoms. The number of rotatable bonds is 5. The Kier molecular flexibility index (Phi) is 5.30. The van der Waals surface area contributed by atoms with Crippen LogP contribution in [-0.2, 0) is 11.2 Å². The number of amides is 1. The molecular formula is C19H23FN2O2. The molecule has 1 aromatic heterocycles. The quantitative estimate of drug-likeness (QED) is 0.916. The van der Waals surface area contributed by atoms with E-state index in [1.54, 1.807) is 24.3 Å². The molecule has 0 atom stereocenters. The van der Waals surface area contributed by atoms with Crippen LogP contribution in [0.2, 0.25) is 0 Å². The van der Waals surface area contributed by atoms with Crippen LogP contribution in [0.3, 0.4) is 0 Å². The van der Waals surface area contributed by atoms with Crippen LogP contribution >= 0.6 is 0 Å². The third-order valence-corrected chi connectivity index (χ3v) is 4.69. The van der Waals surface area contributed by atoms with E-state index in [-0.39, 0.29) is 11.7 Å². The summed E-state index contributed by atoms with van der Waals surface area (Å²) in [5, 5.41) is 0. The van der Waals surface area contributed by atoms with Crippen LogP contribution in [0.15, 0.2) is 40.8 Å². The molecule has 0 spiro atoms. The summed E-state index contributed by atoms with van der Waals surface area (Å²) in [6, 6.07) is 10.1. The highest BCUT2D eigenvalue weighted by Gasteiger charge is 2.22. The zero-order valence-corrected chi connectivity index (χ0v) is 13.7. The van der Waals surface area contributed by atoms with Gasteiger partial charge in [-0.25, -0.2) is 4.39 Å². The number of nitrogens with two attached hydrogens (primary N) is 1. The summed E-state index contributed by atoms with van der Waals surface area (Å²) >= 11 is 0. The van der Waals surface area contributed by atoms with Crippen molar-refractivity contribution in [1.29, 1.82) is 0 Å². The smallest absolute Gasteiger partial charge is 0.223 e. The number of halogens is 1. The molecule has 3 rings (SSSR count). The molecule has 0 saturated carbocycles. The van der Waals surface area contributed by atoms with Crippen molar-refractivity contribution in [2.45, 2.75) is 25.7 Å². The van der Waals surface area contributed by atoms with Crippen molar-refractivity contribution in [3.63, 3.8) is 0 Å². The number of carbonyl (C=O) groups excluding carboxylic acids is 1. The van der Waals surface area contributed by atoms with E-state index in [4.69, 9.17) is 10.2 Å². The second-order valence-electron chi connectivity index (χ2n) is 6.31. The Morgan fingerprint density at radius 2 is 1.96 bits per heavy atom. The number of piperidine rings is 1. The number of hydrogen-bond acceptors (Lipinski definition) is 3.